The van der Waals surface area contributed by atoms with E-state index in [0.29, 0.717) is 115 Å². The first kappa shape index (κ1) is 50.7. The number of rotatable bonds is 15. The van der Waals surface area contributed by atoms with Gasteiger partial charge in [0, 0.05) is 111 Å². The molecule has 2 N–H and O–H groups in total. The molecule has 2 aromatic heterocycles. The molecule has 9 rings (SSSR count). The average Bonchev–Trinajstić information content (AvgIpc) is 3.84. The van der Waals surface area contributed by atoms with Crippen molar-refractivity contribution >= 4 is 23.4 Å². The summed E-state index contributed by atoms with van der Waals surface area (Å²) in [6, 6.07) is 27.2. The lowest BCUT2D eigenvalue weighted by Gasteiger charge is -2.40. The molecule has 6 aromatic rings. The third kappa shape index (κ3) is 10.5. The van der Waals surface area contributed by atoms with E-state index in [0.717, 1.165) is 48.6 Å². The third-order valence-corrected chi connectivity index (χ3v) is 15.3. The summed E-state index contributed by atoms with van der Waals surface area (Å²) in [6.45, 7) is 15.5. The molecular weight excluding hydrogens is 924 g/mol. The Morgan fingerprint density at radius 3 is 2.30 bits per heavy atom. The SMILES string of the molecule is CCN(CC)C[C@@H]1Cc2ccccc2CN1C(=O)c1cc2c(cc1-c1c(-c3cc(C#N)n(C)c3C)c(C(=O)Nc3ccc(O)cc3)c(C)n1C)CCN(C(=O)Cc1ccc(OCCN3CCOCC3)cc1F)C2. The van der Waals surface area contributed by atoms with Gasteiger partial charge < -0.3 is 43.7 Å². The number of ether oxygens (including phenoxy) is 2. The van der Waals surface area contributed by atoms with Gasteiger partial charge in [-0.2, -0.15) is 5.26 Å². The second-order valence-electron chi connectivity index (χ2n) is 19.5. The first-order valence-electron chi connectivity index (χ1n) is 25.4. The highest BCUT2D eigenvalue weighted by molar-refractivity contribution is 6.14. The smallest absolute Gasteiger partial charge is 0.258 e. The second-order valence-corrected chi connectivity index (χ2v) is 19.5. The monoisotopic (exact) mass is 989 g/mol. The lowest BCUT2D eigenvalue weighted by molar-refractivity contribution is -0.131. The molecule has 0 aliphatic carbocycles. The number of aromatic hydroxyl groups is 1. The number of fused-ring (bicyclic) bond motifs is 2. The van der Waals surface area contributed by atoms with Gasteiger partial charge in [-0.3, -0.25) is 19.3 Å². The zero-order valence-corrected chi connectivity index (χ0v) is 42.8. The summed E-state index contributed by atoms with van der Waals surface area (Å²) in [5.74, 6) is -0.828. The Morgan fingerprint density at radius 1 is 0.863 bits per heavy atom. The molecule has 0 radical (unpaired) electrons. The van der Waals surface area contributed by atoms with Crippen LogP contribution in [0.5, 0.6) is 11.5 Å². The number of halogens is 1. The van der Waals surface area contributed by atoms with E-state index in [4.69, 9.17) is 9.47 Å². The molecule has 0 unspecified atom stereocenters. The molecule has 15 heteroatoms. The van der Waals surface area contributed by atoms with Gasteiger partial charge in [-0.15, -0.1) is 0 Å². The number of phenolic OH excluding ortho intramolecular Hbond substituents is 1. The summed E-state index contributed by atoms with van der Waals surface area (Å²) < 4.78 is 30.7. The lowest BCUT2D eigenvalue weighted by atomic mass is 9.87. The highest BCUT2D eigenvalue weighted by atomic mass is 19.1. The largest absolute Gasteiger partial charge is 0.508 e. The molecule has 14 nitrogen and oxygen atoms in total. The van der Waals surface area contributed by atoms with Crippen LogP contribution in [-0.4, -0.2) is 123 Å². The van der Waals surface area contributed by atoms with Crippen LogP contribution in [-0.2, 0) is 56.0 Å². The van der Waals surface area contributed by atoms with Crippen LogP contribution >= 0.6 is 0 Å². The van der Waals surface area contributed by atoms with Crippen molar-refractivity contribution < 1.29 is 33.4 Å². The van der Waals surface area contributed by atoms with Crippen LogP contribution < -0.4 is 10.1 Å². The van der Waals surface area contributed by atoms with Crippen molar-refractivity contribution in [3.8, 4) is 40.0 Å². The van der Waals surface area contributed by atoms with Crippen LogP contribution in [0.3, 0.4) is 0 Å². The fraction of sp³-hybridized carbons (Fsp3) is 0.379. The first-order chi connectivity index (χ1) is 35.3. The van der Waals surface area contributed by atoms with Gasteiger partial charge in [-0.25, -0.2) is 4.39 Å². The summed E-state index contributed by atoms with van der Waals surface area (Å²) in [5, 5.41) is 23.3. The minimum Gasteiger partial charge on any atom is -0.508 e. The molecule has 0 saturated carbocycles. The molecule has 3 aliphatic rings. The van der Waals surface area contributed by atoms with Crippen LogP contribution in [0.4, 0.5) is 10.1 Å². The molecule has 1 fully saturated rings. The van der Waals surface area contributed by atoms with Crippen molar-refractivity contribution in [3.05, 3.63) is 147 Å². The molecule has 3 amide bonds. The lowest BCUT2D eigenvalue weighted by Crippen LogP contribution is -2.50. The Labute approximate surface area is 427 Å². The van der Waals surface area contributed by atoms with Crippen LogP contribution in [0, 0.1) is 31.0 Å². The molecule has 0 spiro atoms. The van der Waals surface area contributed by atoms with E-state index in [1.165, 1.54) is 23.8 Å². The van der Waals surface area contributed by atoms with E-state index in [1.807, 2.05) is 55.6 Å². The molecule has 5 heterocycles. The van der Waals surface area contributed by atoms with Crippen molar-refractivity contribution in [3.63, 3.8) is 0 Å². The standard InChI is InChI=1S/C58H65FN8O6/c1-7-64(8-2)36-46-27-39-11-9-10-12-42(39)35-67(46)58(71)51-29-43-34-66(53(69)30-41-13-18-48(32-52(41)59)73-26-23-65-21-24-72-25-22-65)20-19-40(43)28-50(51)56-55(49-31-45(33-60)62(5)37(49)3)54(38(4)63(56)6)57(70)61-44-14-16-47(68)17-15-44/h9-18,28-29,31-32,46,68H,7-8,19-27,30,34-36H2,1-6H3,(H,61,70)/t46-/m0/s1. The molecule has 380 valence electrons. The summed E-state index contributed by atoms with van der Waals surface area (Å²) in [5.41, 5.74) is 9.94. The molecular formula is C58H65FN8O6. The van der Waals surface area contributed by atoms with Crippen LogP contribution in [0.15, 0.2) is 84.9 Å². The van der Waals surface area contributed by atoms with Gasteiger partial charge in [0.1, 0.15) is 35.7 Å². The Hall–Kier alpha value is -7.25. The Morgan fingerprint density at radius 2 is 1.60 bits per heavy atom. The topological polar surface area (TPSA) is 149 Å². The third-order valence-electron chi connectivity index (χ3n) is 15.3. The summed E-state index contributed by atoms with van der Waals surface area (Å²) in [6.07, 6.45) is 1.01. The van der Waals surface area contributed by atoms with Crippen molar-refractivity contribution in [2.24, 2.45) is 14.1 Å². The quantitative estimate of drug-likeness (QED) is 0.0977. The Kier molecular flexibility index (Phi) is 15.2. The number of hydrogen-bond acceptors (Lipinski definition) is 9. The van der Waals surface area contributed by atoms with Gasteiger partial charge in [0.05, 0.1) is 30.9 Å². The number of carbonyl (C=O) groups excluding carboxylic acids is 3. The van der Waals surface area contributed by atoms with E-state index in [9.17, 15) is 20.0 Å². The van der Waals surface area contributed by atoms with Gasteiger partial charge in [-0.05, 0) is 116 Å². The molecule has 1 atom stereocenters. The van der Waals surface area contributed by atoms with Crippen molar-refractivity contribution in [1.29, 1.82) is 5.26 Å². The fourth-order valence-electron chi connectivity index (χ4n) is 10.7. The minimum absolute atomic E-state index is 0.0647. The highest BCUT2D eigenvalue weighted by Crippen LogP contribution is 2.44. The van der Waals surface area contributed by atoms with Gasteiger partial charge in [0.2, 0.25) is 5.91 Å². The second kappa shape index (κ2) is 21.8. The Bertz CT molecular complexity index is 3090. The first-order valence-corrected chi connectivity index (χ1v) is 25.4. The average molecular weight is 989 g/mol. The number of nitrogens with zero attached hydrogens (tertiary/aromatic N) is 7. The number of phenols is 1. The van der Waals surface area contributed by atoms with Gasteiger partial charge >= 0.3 is 0 Å². The molecule has 3 aliphatic heterocycles. The summed E-state index contributed by atoms with van der Waals surface area (Å²) in [7, 11) is 3.72. The maximum absolute atomic E-state index is 16.0. The van der Waals surface area contributed by atoms with Gasteiger partial charge in [-0.1, -0.05) is 44.2 Å². The van der Waals surface area contributed by atoms with E-state index in [2.05, 4.69) is 53.2 Å². The zero-order chi connectivity index (χ0) is 51.5. The molecule has 1 saturated heterocycles. The number of likely N-dealkylation sites (N-methyl/N-ethyl adjacent to an activating group) is 1. The Balaban J connectivity index is 1.12. The van der Waals surface area contributed by atoms with E-state index in [1.54, 1.807) is 39.8 Å². The number of nitrogens with one attached hydrogen (secondary N) is 1. The molecule has 0 bridgehead atoms. The number of morpholine rings is 1. The number of aromatic nitrogens is 2. The number of hydrogen-bond donors (Lipinski definition) is 2. The number of carbonyl (C=O) groups is 3. The predicted molar refractivity (Wildman–Crippen MR) is 279 cm³/mol. The number of anilines is 1. The molecule has 4 aromatic carbocycles. The number of benzene rings is 4. The predicted octanol–water partition coefficient (Wildman–Crippen LogP) is 8.03. The maximum Gasteiger partial charge on any atom is 0.258 e. The van der Waals surface area contributed by atoms with Crippen LogP contribution in [0.1, 0.15) is 79.5 Å². The van der Waals surface area contributed by atoms with E-state index in [-0.39, 0.29) is 42.1 Å². The van der Waals surface area contributed by atoms with E-state index >= 15 is 9.18 Å². The van der Waals surface area contributed by atoms with Crippen molar-refractivity contribution in [2.75, 3.05) is 71.0 Å². The fourth-order valence-corrected chi connectivity index (χ4v) is 10.7. The maximum atomic E-state index is 16.0. The van der Waals surface area contributed by atoms with Crippen molar-refractivity contribution in [2.45, 2.75) is 66.1 Å². The highest BCUT2D eigenvalue weighted by Gasteiger charge is 2.37. The summed E-state index contributed by atoms with van der Waals surface area (Å²) >= 11 is 0. The van der Waals surface area contributed by atoms with Gasteiger partial charge in [0.25, 0.3) is 11.8 Å². The minimum atomic E-state index is -0.505. The van der Waals surface area contributed by atoms with Crippen LogP contribution in [0.25, 0.3) is 22.4 Å². The zero-order valence-electron chi connectivity index (χ0n) is 42.8. The normalized spacial score (nSPS) is 15.7. The number of amides is 3. The molecule has 73 heavy (non-hydrogen) atoms. The van der Waals surface area contributed by atoms with Crippen LogP contribution in [0.2, 0.25) is 0 Å². The van der Waals surface area contributed by atoms with Crippen molar-refractivity contribution in [1.82, 2.24) is 28.7 Å². The van der Waals surface area contributed by atoms with E-state index < -0.39 is 11.7 Å². The summed E-state index contributed by atoms with van der Waals surface area (Å²) in [4.78, 5) is 53.2. The number of nitriles is 1. The van der Waals surface area contributed by atoms with Gasteiger partial charge in [0.15, 0.2) is 0 Å².